The highest BCUT2D eigenvalue weighted by Crippen LogP contribution is 2.34. The van der Waals surface area contributed by atoms with E-state index in [-0.39, 0.29) is 24.2 Å². The second-order valence-electron chi connectivity index (χ2n) is 7.72. The van der Waals surface area contributed by atoms with Crippen molar-refractivity contribution in [2.75, 3.05) is 19.0 Å². The predicted molar refractivity (Wildman–Crippen MR) is 112 cm³/mol. The molecule has 158 valence electrons. The van der Waals surface area contributed by atoms with Crippen molar-refractivity contribution in [3.05, 3.63) is 54.0 Å². The van der Waals surface area contributed by atoms with Crippen LogP contribution in [0.4, 0.5) is 5.69 Å². The number of hydrogen-bond donors (Lipinski definition) is 3. The minimum Gasteiger partial charge on any atom is -0.396 e. The molecular weight excluding hydrogens is 384 g/mol. The number of amides is 1. The Hall–Kier alpha value is -2.81. The summed E-state index contributed by atoms with van der Waals surface area (Å²) in [4.78, 5) is 16.7. The predicted octanol–water partition coefficient (Wildman–Crippen LogP) is 3.04. The molecule has 3 N–H and O–H groups in total. The Morgan fingerprint density at radius 3 is 2.77 bits per heavy atom. The molecule has 4 rings (SSSR count). The molecular formula is C22H26N4O4. The number of rotatable bonds is 6. The van der Waals surface area contributed by atoms with E-state index < -0.39 is 6.29 Å². The lowest BCUT2D eigenvalue weighted by Gasteiger charge is -2.27. The third kappa shape index (κ3) is 4.21. The van der Waals surface area contributed by atoms with Crippen LogP contribution in [0.5, 0.6) is 0 Å². The van der Waals surface area contributed by atoms with E-state index in [1.165, 1.54) is 7.11 Å². The number of pyridine rings is 1. The quantitative estimate of drug-likeness (QED) is 0.539. The Labute approximate surface area is 174 Å². The first-order chi connectivity index (χ1) is 14.6. The van der Waals surface area contributed by atoms with Crippen LogP contribution in [0.3, 0.4) is 0 Å². The number of methoxy groups -OCH3 is 1. The van der Waals surface area contributed by atoms with Crippen LogP contribution in [-0.4, -0.2) is 44.6 Å². The number of fused-ring (bicyclic) bond motifs is 1. The number of carbonyl (C=O) groups excluding carboxylic acids is 1. The molecule has 1 aromatic carbocycles. The first-order valence-corrected chi connectivity index (χ1v) is 10.2. The minimum atomic E-state index is -1.20. The van der Waals surface area contributed by atoms with Crippen molar-refractivity contribution in [2.45, 2.75) is 38.0 Å². The molecule has 1 amide bonds. The second-order valence-corrected chi connectivity index (χ2v) is 7.72. The van der Waals surface area contributed by atoms with Gasteiger partial charge >= 0.3 is 0 Å². The molecule has 8 nitrogen and oxygen atoms in total. The standard InChI is InChI=1S/C22H26N4O4/c1-30-22(29)17-11-19-15(10-20(17)24-21(28)18-4-2-3-9-23-18)12-26(25-19)16-7-5-14(13-27)6-8-16/h2-4,9-12,14,16,22,27,29H,5-8,13H2,1H3,(H,24,28)/t14-,16-,22?. The summed E-state index contributed by atoms with van der Waals surface area (Å²) < 4.78 is 7.05. The zero-order valence-electron chi connectivity index (χ0n) is 16.9. The summed E-state index contributed by atoms with van der Waals surface area (Å²) in [5.41, 5.74) is 1.90. The number of aliphatic hydroxyl groups excluding tert-OH is 2. The number of aliphatic hydroxyl groups is 2. The van der Waals surface area contributed by atoms with Gasteiger partial charge in [0.1, 0.15) is 5.69 Å². The van der Waals surface area contributed by atoms with Gasteiger partial charge in [0, 0.05) is 37.1 Å². The molecule has 1 aliphatic rings. The molecule has 30 heavy (non-hydrogen) atoms. The summed E-state index contributed by atoms with van der Waals surface area (Å²) in [6.07, 6.45) is 6.23. The summed E-state index contributed by atoms with van der Waals surface area (Å²) in [7, 11) is 1.40. The highest BCUT2D eigenvalue weighted by molar-refractivity contribution is 6.04. The van der Waals surface area contributed by atoms with E-state index in [0.29, 0.717) is 17.2 Å². The SMILES string of the molecule is COC(O)c1cc2nn([C@H]3CC[C@H](CO)CC3)cc2cc1NC(=O)c1ccccn1. The molecule has 2 aromatic heterocycles. The highest BCUT2D eigenvalue weighted by Gasteiger charge is 2.24. The Morgan fingerprint density at radius 1 is 1.30 bits per heavy atom. The third-order valence-electron chi connectivity index (χ3n) is 5.78. The van der Waals surface area contributed by atoms with E-state index in [9.17, 15) is 15.0 Å². The van der Waals surface area contributed by atoms with Gasteiger partial charge in [-0.3, -0.25) is 14.5 Å². The molecule has 0 saturated heterocycles. The molecule has 3 aromatic rings. The zero-order valence-corrected chi connectivity index (χ0v) is 16.9. The van der Waals surface area contributed by atoms with Crippen LogP contribution < -0.4 is 5.32 Å². The first kappa shape index (κ1) is 20.5. The van der Waals surface area contributed by atoms with E-state index >= 15 is 0 Å². The summed E-state index contributed by atoms with van der Waals surface area (Å²) in [6.45, 7) is 0.241. The van der Waals surface area contributed by atoms with E-state index in [2.05, 4.69) is 10.3 Å². The monoisotopic (exact) mass is 410 g/mol. The van der Waals surface area contributed by atoms with Gasteiger partial charge in [-0.25, -0.2) is 0 Å². The van der Waals surface area contributed by atoms with E-state index in [1.807, 2.05) is 10.9 Å². The third-order valence-corrected chi connectivity index (χ3v) is 5.78. The van der Waals surface area contributed by atoms with Crippen LogP contribution in [0.2, 0.25) is 0 Å². The fourth-order valence-electron chi connectivity index (χ4n) is 4.01. The lowest BCUT2D eigenvalue weighted by molar-refractivity contribution is -0.0763. The maximum atomic E-state index is 12.6. The number of carbonyl (C=O) groups is 1. The molecule has 1 atom stereocenters. The Bertz CT molecular complexity index is 1010. The minimum absolute atomic E-state index is 0.241. The Kier molecular flexibility index (Phi) is 6.08. The fourth-order valence-corrected chi connectivity index (χ4v) is 4.01. The molecule has 1 fully saturated rings. The van der Waals surface area contributed by atoms with Gasteiger partial charge in [-0.05, 0) is 55.9 Å². The topological polar surface area (TPSA) is 110 Å². The van der Waals surface area contributed by atoms with Gasteiger partial charge in [0.15, 0.2) is 6.29 Å². The van der Waals surface area contributed by atoms with Crippen LogP contribution in [0.15, 0.2) is 42.7 Å². The normalized spacial score (nSPS) is 20.2. The second kappa shape index (κ2) is 8.91. The lowest BCUT2D eigenvalue weighted by Crippen LogP contribution is -2.20. The fraction of sp³-hybridized carbons (Fsp3) is 0.409. The summed E-state index contributed by atoms with van der Waals surface area (Å²) in [5.74, 6) is 0.0114. The molecule has 8 heteroatoms. The largest absolute Gasteiger partial charge is 0.396 e. The molecule has 2 heterocycles. The number of ether oxygens (including phenoxy) is 1. The van der Waals surface area contributed by atoms with Crippen LogP contribution in [0.1, 0.15) is 54.1 Å². The van der Waals surface area contributed by atoms with Crippen molar-refractivity contribution >= 4 is 22.5 Å². The number of nitrogens with one attached hydrogen (secondary N) is 1. The smallest absolute Gasteiger partial charge is 0.274 e. The van der Waals surface area contributed by atoms with Gasteiger partial charge in [0.2, 0.25) is 0 Å². The zero-order chi connectivity index (χ0) is 21.1. The van der Waals surface area contributed by atoms with Gasteiger partial charge < -0.3 is 20.3 Å². The van der Waals surface area contributed by atoms with Crippen LogP contribution >= 0.6 is 0 Å². The van der Waals surface area contributed by atoms with Gasteiger partial charge in [-0.15, -0.1) is 0 Å². The average molecular weight is 410 g/mol. The highest BCUT2D eigenvalue weighted by atomic mass is 16.6. The van der Waals surface area contributed by atoms with Crippen molar-refractivity contribution in [1.82, 2.24) is 14.8 Å². The van der Waals surface area contributed by atoms with Crippen molar-refractivity contribution in [3.8, 4) is 0 Å². The van der Waals surface area contributed by atoms with E-state index in [4.69, 9.17) is 9.84 Å². The van der Waals surface area contributed by atoms with Crippen LogP contribution in [0.25, 0.3) is 10.9 Å². The maximum absolute atomic E-state index is 12.6. The Balaban J connectivity index is 1.64. The molecule has 1 aliphatic carbocycles. The average Bonchev–Trinajstić information content (AvgIpc) is 3.21. The molecule has 1 unspecified atom stereocenters. The molecule has 0 spiro atoms. The molecule has 1 saturated carbocycles. The molecule has 0 aliphatic heterocycles. The number of aromatic nitrogens is 3. The number of anilines is 1. The summed E-state index contributed by atoms with van der Waals surface area (Å²) in [5, 5.41) is 28.1. The van der Waals surface area contributed by atoms with E-state index in [0.717, 1.165) is 36.6 Å². The maximum Gasteiger partial charge on any atom is 0.274 e. The van der Waals surface area contributed by atoms with Gasteiger partial charge in [-0.1, -0.05) is 6.07 Å². The molecule has 0 radical (unpaired) electrons. The Morgan fingerprint density at radius 2 is 2.10 bits per heavy atom. The van der Waals surface area contributed by atoms with E-state index in [1.54, 1.807) is 36.5 Å². The lowest BCUT2D eigenvalue weighted by atomic mass is 9.87. The van der Waals surface area contributed by atoms with Crippen molar-refractivity contribution in [2.24, 2.45) is 5.92 Å². The van der Waals surface area contributed by atoms with Crippen LogP contribution in [-0.2, 0) is 4.74 Å². The van der Waals surface area contributed by atoms with Gasteiger partial charge in [0.25, 0.3) is 5.91 Å². The van der Waals surface area contributed by atoms with Crippen molar-refractivity contribution < 1.29 is 19.7 Å². The van der Waals surface area contributed by atoms with Gasteiger partial charge in [-0.2, -0.15) is 5.10 Å². The van der Waals surface area contributed by atoms with Gasteiger partial charge in [0.05, 0.1) is 17.2 Å². The summed E-state index contributed by atoms with van der Waals surface area (Å²) >= 11 is 0. The number of hydrogen-bond acceptors (Lipinski definition) is 6. The number of benzene rings is 1. The molecule has 0 bridgehead atoms. The summed E-state index contributed by atoms with van der Waals surface area (Å²) in [6, 6.07) is 8.93. The van der Waals surface area contributed by atoms with Crippen molar-refractivity contribution in [1.29, 1.82) is 0 Å². The number of nitrogens with zero attached hydrogens (tertiary/aromatic N) is 3. The first-order valence-electron chi connectivity index (χ1n) is 10.2. The van der Waals surface area contributed by atoms with Crippen LogP contribution in [0, 0.1) is 5.92 Å². The van der Waals surface area contributed by atoms with Crippen molar-refractivity contribution in [3.63, 3.8) is 0 Å².